The smallest absolute Gasteiger partial charge is 0.161 e. The highest BCUT2D eigenvalue weighted by molar-refractivity contribution is 5.43. The molecule has 2 aromatic rings. The van der Waals surface area contributed by atoms with Gasteiger partial charge in [0.05, 0.1) is 19.3 Å². The van der Waals surface area contributed by atoms with Gasteiger partial charge in [-0.2, -0.15) is 0 Å². The molecule has 0 radical (unpaired) electrons. The standard InChI is InChI=1S/C21H28FN3O2/c1-14(2)27-19-9-4-15(10-20(19)26-3)11-23-12-17-13-24-25-21(17)16-5-7-18(22)8-6-16/h4-10,14,17,21,23-25H,11-13H2,1-3H3. The van der Waals surface area contributed by atoms with Crippen LogP contribution in [0.4, 0.5) is 4.39 Å². The Balaban J connectivity index is 1.56. The average molecular weight is 373 g/mol. The van der Waals surface area contributed by atoms with Crippen molar-refractivity contribution in [3.63, 3.8) is 0 Å². The van der Waals surface area contributed by atoms with E-state index in [9.17, 15) is 4.39 Å². The summed E-state index contributed by atoms with van der Waals surface area (Å²) in [5, 5.41) is 3.52. The fraction of sp³-hybridized carbons (Fsp3) is 0.429. The number of hydrazine groups is 1. The van der Waals surface area contributed by atoms with Crippen molar-refractivity contribution < 1.29 is 13.9 Å². The van der Waals surface area contributed by atoms with Gasteiger partial charge in [-0.3, -0.25) is 5.43 Å². The highest BCUT2D eigenvalue weighted by atomic mass is 19.1. The quantitative estimate of drug-likeness (QED) is 0.664. The molecule has 1 saturated heterocycles. The van der Waals surface area contributed by atoms with Crippen LogP contribution in [0.2, 0.25) is 0 Å². The van der Waals surface area contributed by atoms with E-state index in [1.165, 1.54) is 12.1 Å². The van der Waals surface area contributed by atoms with Crippen molar-refractivity contribution in [1.29, 1.82) is 0 Å². The second-order valence-corrected chi connectivity index (χ2v) is 7.10. The molecule has 0 aliphatic carbocycles. The molecule has 0 amide bonds. The van der Waals surface area contributed by atoms with Gasteiger partial charge >= 0.3 is 0 Å². The molecule has 3 rings (SSSR count). The largest absolute Gasteiger partial charge is 0.493 e. The van der Waals surface area contributed by atoms with E-state index in [2.05, 4.69) is 22.2 Å². The summed E-state index contributed by atoms with van der Waals surface area (Å²) in [6.45, 7) is 6.44. The van der Waals surface area contributed by atoms with Gasteiger partial charge in [0.15, 0.2) is 11.5 Å². The van der Waals surface area contributed by atoms with Crippen LogP contribution in [-0.2, 0) is 6.54 Å². The molecule has 1 aliphatic heterocycles. The topological polar surface area (TPSA) is 54.5 Å². The molecule has 0 saturated carbocycles. The number of benzene rings is 2. The van der Waals surface area contributed by atoms with Gasteiger partial charge in [-0.05, 0) is 49.2 Å². The van der Waals surface area contributed by atoms with Crippen LogP contribution in [0.3, 0.4) is 0 Å². The van der Waals surface area contributed by atoms with Gasteiger partial charge in [-0.25, -0.2) is 9.82 Å². The summed E-state index contributed by atoms with van der Waals surface area (Å²) >= 11 is 0. The minimum absolute atomic E-state index is 0.105. The van der Waals surface area contributed by atoms with Gasteiger partial charge in [0, 0.05) is 25.6 Å². The first-order chi connectivity index (χ1) is 13.1. The van der Waals surface area contributed by atoms with Gasteiger partial charge < -0.3 is 14.8 Å². The predicted octanol–water partition coefficient (Wildman–Crippen LogP) is 3.18. The normalized spacial score (nSPS) is 19.4. The Hall–Kier alpha value is -2.15. The first-order valence-corrected chi connectivity index (χ1v) is 9.35. The lowest BCUT2D eigenvalue weighted by atomic mass is 9.95. The first kappa shape index (κ1) is 19.6. The maximum atomic E-state index is 13.2. The van der Waals surface area contributed by atoms with Crippen molar-refractivity contribution in [1.82, 2.24) is 16.2 Å². The summed E-state index contributed by atoms with van der Waals surface area (Å²) in [5.41, 5.74) is 8.72. The zero-order valence-corrected chi connectivity index (χ0v) is 16.1. The monoisotopic (exact) mass is 373 g/mol. The van der Waals surface area contributed by atoms with Crippen LogP contribution in [0.1, 0.15) is 31.0 Å². The van der Waals surface area contributed by atoms with Crippen LogP contribution in [0.25, 0.3) is 0 Å². The Bertz CT molecular complexity index is 737. The highest BCUT2D eigenvalue weighted by Crippen LogP contribution is 2.29. The van der Waals surface area contributed by atoms with Crippen LogP contribution in [0.5, 0.6) is 11.5 Å². The Kier molecular flexibility index (Phi) is 6.66. The molecule has 2 aromatic carbocycles. The van der Waals surface area contributed by atoms with Crippen molar-refractivity contribution in [2.75, 3.05) is 20.2 Å². The molecule has 2 atom stereocenters. The van der Waals surface area contributed by atoms with E-state index in [1.807, 2.05) is 38.1 Å². The molecule has 2 unspecified atom stereocenters. The number of hydrogen-bond acceptors (Lipinski definition) is 5. The third-order valence-corrected chi connectivity index (χ3v) is 4.65. The first-order valence-electron chi connectivity index (χ1n) is 9.35. The highest BCUT2D eigenvalue weighted by Gasteiger charge is 2.27. The van der Waals surface area contributed by atoms with Crippen LogP contribution >= 0.6 is 0 Å². The fourth-order valence-corrected chi connectivity index (χ4v) is 3.33. The van der Waals surface area contributed by atoms with Gasteiger partial charge in [0.25, 0.3) is 0 Å². The number of hydrogen-bond donors (Lipinski definition) is 3. The minimum atomic E-state index is -0.210. The fourth-order valence-electron chi connectivity index (χ4n) is 3.33. The maximum absolute atomic E-state index is 13.2. The van der Waals surface area contributed by atoms with E-state index < -0.39 is 0 Å². The second-order valence-electron chi connectivity index (χ2n) is 7.10. The van der Waals surface area contributed by atoms with Crippen molar-refractivity contribution in [3.8, 4) is 11.5 Å². The molecule has 27 heavy (non-hydrogen) atoms. The van der Waals surface area contributed by atoms with Gasteiger partial charge in [0.1, 0.15) is 5.82 Å². The predicted molar refractivity (Wildman–Crippen MR) is 104 cm³/mol. The molecular formula is C21H28FN3O2. The van der Waals surface area contributed by atoms with Gasteiger partial charge in [0.2, 0.25) is 0 Å². The van der Waals surface area contributed by atoms with E-state index in [0.717, 1.165) is 42.3 Å². The van der Waals surface area contributed by atoms with Crippen LogP contribution in [-0.4, -0.2) is 26.3 Å². The minimum Gasteiger partial charge on any atom is -0.493 e. The molecule has 1 heterocycles. The zero-order chi connectivity index (χ0) is 19.2. The molecule has 6 heteroatoms. The zero-order valence-electron chi connectivity index (χ0n) is 16.1. The summed E-state index contributed by atoms with van der Waals surface area (Å²) in [4.78, 5) is 0. The average Bonchev–Trinajstić information content (AvgIpc) is 3.11. The van der Waals surface area contributed by atoms with Crippen molar-refractivity contribution >= 4 is 0 Å². The Morgan fingerprint density at radius 2 is 1.93 bits per heavy atom. The maximum Gasteiger partial charge on any atom is 0.161 e. The third-order valence-electron chi connectivity index (χ3n) is 4.65. The number of nitrogens with one attached hydrogen (secondary N) is 3. The van der Waals surface area contributed by atoms with Crippen molar-refractivity contribution in [2.45, 2.75) is 32.5 Å². The third kappa shape index (κ3) is 5.19. The molecular weight excluding hydrogens is 345 g/mol. The number of rotatable bonds is 8. The molecule has 0 bridgehead atoms. The summed E-state index contributed by atoms with van der Waals surface area (Å²) in [7, 11) is 1.66. The number of methoxy groups -OCH3 is 1. The summed E-state index contributed by atoms with van der Waals surface area (Å²) < 4.78 is 24.4. The van der Waals surface area contributed by atoms with E-state index in [-0.39, 0.29) is 18.0 Å². The molecule has 0 aromatic heterocycles. The molecule has 1 aliphatic rings. The number of ether oxygens (including phenoxy) is 2. The Morgan fingerprint density at radius 3 is 2.63 bits per heavy atom. The molecule has 146 valence electrons. The molecule has 5 nitrogen and oxygen atoms in total. The van der Waals surface area contributed by atoms with Crippen LogP contribution < -0.4 is 25.6 Å². The van der Waals surface area contributed by atoms with E-state index in [1.54, 1.807) is 7.11 Å². The van der Waals surface area contributed by atoms with Gasteiger partial charge in [-0.1, -0.05) is 18.2 Å². The van der Waals surface area contributed by atoms with E-state index in [4.69, 9.17) is 9.47 Å². The lowest BCUT2D eigenvalue weighted by Gasteiger charge is -2.20. The molecule has 0 spiro atoms. The molecule has 1 fully saturated rings. The SMILES string of the molecule is COc1cc(CNCC2CNNC2c2ccc(F)cc2)ccc1OC(C)C. The molecule has 3 N–H and O–H groups in total. The van der Waals surface area contributed by atoms with Crippen LogP contribution in [0.15, 0.2) is 42.5 Å². The Morgan fingerprint density at radius 1 is 1.15 bits per heavy atom. The van der Waals surface area contributed by atoms with E-state index >= 15 is 0 Å². The Labute approximate surface area is 160 Å². The number of halogens is 1. The van der Waals surface area contributed by atoms with Gasteiger partial charge in [-0.15, -0.1) is 0 Å². The van der Waals surface area contributed by atoms with Crippen molar-refractivity contribution in [3.05, 3.63) is 59.4 Å². The lowest BCUT2D eigenvalue weighted by molar-refractivity contribution is 0.230. The van der Waals surface area contributed by atoms with E-state index in [0.29, 0.717) is 5.92 Å². The summed E-state index contributed by atoms with van der Waals surface area (Å²) in [6.07, 6.45) is 0.105. The summed E-state index contributed by atoms with van der Waals surface area (Å²) in [5.74, 6) is 1.67. The van der Waals surface area contributed by atoms with Crippen molar-refractivity contribution in [2.24, 2.45) is 5.92 Å². The second kappa shape index (κ2) is 9.17. The lowest BCUT2D eigenvalue weighted by Crippen LogP contribution is -2.28. The summed E-state index contributed by atoms with van der Waals surface area (Å²) in [6, 6.07) is 12.9. The van der Waals surface area contributed by atoms with Crippen LogP contribution in [0, 0.1) is 11.7 Å².